The van der Waals surface area contributed by atoms with Gasteiger partial charge in [-0.25, -0.2) is 5.90 Å². The van der Waals surface area contributed by atoms with Crippen LogP contribution < -0.4 is 5.90 Å². The first kappa shape index (κ1) is 9.89. The van der Waals surface area contributed by atoms with Gasteiger partial charge in [-0.2, -0.15) is 0 Å². The summed E-state index contributed by atoms with van der Waals surface area (Å²) in [5, 5.41) is 0. The fourth-order valence-corrected chi connectivity index (χ4v) is 1.23. The molecule has 0 aliphatic heterocycles. The number of carbonyl (C=O) groups is 1. The lowest BCUT2D eigenvalue weighted by Gasteiger charge is -2.04. The van der Waals surface area contributed by atoms with E-state index in [2.05, 4.69) is 4.84 Å². The molecule has 1 aromatic carbocycles. The molecule has 0 unspecified atom stereocenters. The smallest absolute Gasteiger partial charge is 0.150 e. The summed E-state index contributed by atoms with van der Waals surface area (Å²) in [5.41, 5.74) is 2.83. The Balaban J connectivity index is 2.87. The second-order valence-corrected chi connectivity index (χ2v) is 2.94. The summed E-state index contributed by atoms with van der Waals surface area (Å²) in [5.74, 6) is 4.92. The number of carbonyl (C=O) groups excluding carboxylic acids is 1. The molecule has 0 aromatic heterocycles. The number of hydrogen-bond donors (Lipinski definition) is 1. The third-order valence-corrected chi connectivity index (χ3v) is 1.91. The van der Waals surface area contributed by atoms with Crippen molar-refractivity contribution in [2.75, 3.05) is 6.61 Å². The molecule has 3 heteroatoms. The van der Waals surface area contributed by atoms with Gasteiger partial charge in [0.05, 0.1) is 6.61 Å². The summed E-state index contributed by atoms with van der Waals surface area (Å²) < 4.78 is 0. The van der Waals surface area contributed by atoms with E-state index in [1.54, 1.807) is 0 Å². The van der Waals surface area contributed by atoms with E-state index in [4.69, 9.17) is 5.90 Å². The first-order valence-electron chi connectivity index (χ1n) is 4.14. The van der Waals surface area contributed by atoms with E-state index in [0.717, 1.165) is 17.4 Å². The Kier molecular flexibility index (Phi) is 3.61. The lowest BCUT2D eigenvalue weighted by Crippen LogP contribution is -2.05. The summed E-state index contributed by atoms with van der Waals surface area (Å²) in [6.45, 7) is 2.42. The Morgan fingerprint density at radius 3 is 2.92 bits per heavy atom. The monoisotopic (exact) mass is 179 g/mol. The van der Waals surface area contributed by atoms with Crippen molar-refractivity contribution in [1.82, 2.24) is 0 Å². The van der Waals surface area contributed by atoms with Gasteiger partial charge in [0.15, 0.2) is 0 Å². The summed E-state index contributed by atoms with van der Waals surface area (Å²) in [4.78, 5) is 15.1. The van der Waals surface area contributed by atoms with E-state index in [-0.39, 0.29) is 0 Å². The largest absolute Gasteiger partial charge is 0.304 e. The number of rotatable bonds is 4. The molecule has 0 saturated carbocycles. The summed E-state index contributed by atoms with van der Waals surface area (Å²) >= 11 is 0. The summed E-state index contributed by atoms with van der Waals surface area (Å²) in [6, 6.07) is 5.70. The number of nitrogens with two attached hydrogens (primary N) is 1. The van der Waals surface area contributed by atoms with Crippen LogP contribution in [0.5, 0.6) is 0 Å². The Labute approximate surface area is 77.5 Å². The second-order valence-electron chi connectivity index (χ2n) is 2.94. The van der Waals surface area contributed by atoms with Crippen molar-refractivity contribution in [3.63, 3.8) is 0 Å². The minimum Gasteiger partial charge on any atom is -0.304 e. The second kappa shape index (κ2) is 4.74. The van der Waals surface area contributed by atoms with E-state index in [9.17, 15) is 4.79 Å². The molecular weight excluding hydrogens is 166 g/mol. The fourth-order valence-electron chi connectivity index (χ4n) is 1.23. The number of aldehydes is 1. The molecule has 0 heterocycles. The third-order valence-electron chi connectivity index (χ3n) is 1.91. The van der Waals surface area contributed by atoms with Crippen LogP contribution in [0.4, 0.5) is 0 Å². The molecule has 0 aliphatic carbocycles. The summed E-state index contributed by atoms with van der Waals surface area (Å²) in [7, 11) is 0. The molecule has 0 spiro atoms. The van der Waals surface area contributed by atoms with Gasteiger partial charge in [-0.3, -0.25) is 4.79 Å². The molecule has 3 nitrogen and oxygen atoms in total. The predicted octanol–water partition coefficient (Wildman–Crippen LogP) is 1.24. The lowest BCUT2D eigenvalue weighted by atomic mass is 10.0. The van der Waals surface area contributed by atoms with Crippen molar-refractivity contribution in [3.8, 4) is 0 Å². The normalized spacial score (nSPS) is 10.0. The van der Waals surface area contributed by atoms with Gasteiger partial charge < -0.3 is 4.84 Å². The van der Waals surface area contributed by atoms with Crippen LogP contribution in [0.25, 0.3) is 0 Å². The van der Waals surface area contributed by atoms with Gasteiger partial charge in [0, 0.05) is 5.56 Å². The molecule has 0 radical (unpaired) electrons. The van der Waals surface area contributed by atoms with Gasteiger partial charge in [-0.1, -0.05) is 23.8 Å². The molecule has 0 saturated heterocycles. The van der Waals surface area contributed by atoms with Gasteiger partial charge in [0.2, 0.25) is 0 Å². The maximum absolute atomic E-state index is 10.6. The zero-order valence-corrected chi connectivity index (χ0v) is 7.62. The summed E-state index contributed by atoms with van der Waals surface area (Å²) in [6.07, 6.45) is 1.53. The van der Waals surface area contributed by atoms with Crippen molar-refractivity contribution in [2.45, 2.75) is 13.3 Å². The first-order valence-corrected chi connectivity index (χ1v) is 4.14. The zero-order chi connectivity index (χ0) is 9.68. The molecule has 13 heavy (non-hydrogen) atoms. The average Bonchev–Trinajstić information content (AvgIpc) is 2.15. The first-order chi connectivity index (χ1) is 6.27. The molecule has 0 aliphatic rings. The SMILES string of the molecule is Cc1ccc(C=O)c(CCON)c1. The van der Waals surface area contributed by atoms with Crippen molar-refractivity contribution in [2.24, 2.45) is 5.90 Å². The van der Waals surface area contributed by atoms with Crippen LogP contribution in [0.15, 0.2) is 18.2 Å². The van der Waals surface area contributed by atoms with Crippen LogP contribution in [0.2, 0.25) is 0 Å². The van der Waals surface area contributed by atoms with Crippen molar-refractivity contribution >= 4 is 6.29 Å². The van der Waals surface area contributed by atoms with Crippen LogP contribution >= 0.6 is 0 Å². The number of hydrogen-bond acceptors (Lipinski definition) is 3. The van der Waals surface area contributed by atoms with E-state index < -0.39 is 0 Å². The Morgan fingerprint density at radius 2 is 2.31 bits per heavy atom. The third kappa shape index (κ3) is 2.65. The highest BCUT2D eigenvalue weighted by molar-refractivity contribution is 5.77. The minimum absolute atomic E-state index is 0.435. The van der Waals surface area contributed by atoms with Crippen LogP contribution in [-0.2, 0) is 11.3 Å². The van der Waals surface area contributed by atoms with E-state index in [1.807, 2.05) is 25.1 Å². The predicted molar refractivity (Wildman–Crippen MR) is 50.4 cm³/mol. The standard InChI is InChI=1S/C10H13NO2/c1-8-2-3-10(7-12)9(6-8)4-5-13-11/h2-3,6-7H,4-5,11H2,1H3. The number of aryl methyl sites for hydroxylation is 1. The van der Waals surface area contributed by atoms with Gasteiger partial charge in [0.1, 0.15) is 6.29 Å². The molecule has 1 aromatic rings. The Morgan fingerprint density at radius 1 is 1.54 bits per heavy atom. The molecule has 0 atom stereocenters. The highest BCUT2D eigenvalue weighted by Gasteiger charge is 2.01. The maximum Gasteiger partial charge on any atom is 0.150 e. The van der Waals surface area contributed by atoms with Crippen molar-refractivity contribution < 1.29 is 9.63 Å². The highest BCUT2D eigenvalue weighted by Crippen LogP contribution is 2.10. The van der Waals surface area contributed by atoms with Gasteiger partial charge >= 0.3 is 0 Å². The van der Waals surface area contributed by atoms with Crippen molar-refractivity contribution in [3.05, 3.63) is 34.9 Å². The molecule has 1 rings (SSSR count). The van der Waals surface area contributed by atoms with E-state index in [1.165, 1.54) is 0 Å². The highest BCUT2D eigenvalue weighted by atomic mass is 16.6. The van der Waals surface area contributed by atoms with Crippen LogP contribution in [0, 0.1) is 6.92 Å². The number of benzene rings is 1. The molecule has 0 amide bonds. The van der Waals surface area contributed by atoms with Crippen LogP contribution in [-0.4, -0.2) is 12.9 Å². The van der Waals surface area contributed by atoms with Crippen LogP contribution in [0.1, 0.15) is 21.5 Å². The lowest BCUT2D eigenvalue weighted by molar-refractivity contribution is 0.112. The topological polar surface area (TPSA) is 52.3 Å². The Bertz CT molecular complexity index is 297. The molecule has 0 fully saturated rings. The average molecular weight is 179 g/mol. The fraction of sp³-hybridized carbons (Fsp3) is 0.300. The van der Waals surface area contributed by atoms with Gasteiger partial charge in [-0.15, -0.1) is 0 Å². The molecule has 2 N–H and O–H groups in total. The Hall–Kier alpha value is -1.19. The van der Waals surface area contributed by atoms with Gasteiger partial charge in [-0.05, 0) is 18.9 Å². The van der Waals surface area contributed by atoms with Crippen LogP contribution in [0.3, 0.4) is 0 Å². The van der Waals surface area contributed by atoms with E-state index >= 15 is 0 Å². The maximum atomic E-state index is 10.6. The quantitative estimate of drug-likeness (QED) is 0.559. The van der Waals surface area contributed by atoms with Crippen molar-refractivity contribution in [1.29, 1.82) is 0 Å². The molecular formula is C10H13NO2. The van der Waals surface area contributed by atoms with E-state index in [0.29, 0.717) is 18.6 Å². The molecule has 70 valence electrons. The molecule has 0 bridgehead atoms. The van der Waals surface area contributed by atoms with Gasteiger partial charge in [0.25, 0.3) is 0 Å². The minimum atomic E-state index is 0.435. The zero-order valence-electron chi connectivity index (χ0n) is 7.62.